The zero-order chi connectivity index (χ0) is 19.6. The fourth-order valence-corrected chi connectivity index (χ4v) is 2.88. The van der Waals surface area contributed by atoms with Crippen molar-refractivity contribution in [2.75, 3.05) is 0 Å². The molecule has 1 aromatic carbocycles. The highest BCUT2D eigenvalue weighted by atomic mass is 35.5. The van der Waals surface area contributed by atoms with E-state index in [-0.39, 0.29) is 23.4 Å². The average Bonchev–Trinajstić information content (AvgIpc) is 2.53. The molecule has 26 heavy (non-hydrogen) atoms. The van der Waals surface area contributed by atoms with Crippen molar-refractivity contribution >= 4 is 35.4 Å². The van der Waals surface area contributed by atoms with Gasteiger partial charge in [-0.3, -0.25) is 9.59 Å². The van der Waals surface area contributed by atoms with Crippen LogP contribution in [0.1, 0.15) is 46.0 Å². The molecule has 2 rings (SSSR count). The molecule has 0 saturated carbocycles. The van der Waals surface area contributed by atoms with E-state index in [9.17, 15) is 24.3 Å². The molecular weight excluding hydrogens is 370 g/mol. The number of fused-ring (bicyclic) bond motifs is 1. The zero-order valence-corrected chi connectivity index (χ0v) is 14.4. The van der Waals surface area contributed by atoms with Gasteiger partial charge in [0.1, 0.15) is 23.5 Å². The number of carbonyl (C=O) groups excluding carboxylic acids is 2. The van der Waals surface area contributed by atoms with Crippen molar-refractivity contribution in [3.05, 3.63) is 27.8 Å². The first-order valence-corrected chi connectivity index (χ1v) is 8.00. The number of hydrogen-bond acceptors (Lipinski definition) is 6. The van der Waals surface area contributed by atoms with E-state index < -0.39 is 53.7 Å². The van der Waals surface area contributed by atoms with E-state index >= 15 is 0 Å². The topological polar surface area (TPSA) is 150 Å². The Morgan fingerprint density at radius 3 is 2.62 bits per heavy atom. The molecule has 0 aliphatic carbocycles. The van der Waals surface area contributed by atoms with E-state index in [0.717, 1.165) is 6.07 Å². The van der Waals surface area contributed by atoms with Crippen LogP contribution in [0.15, 0.2) is 6.07 Å². The number of halogens is 1. The highest BCUT2D eigenvalue weighted by Gasteiger charge is 2.33. The molecule has 1 aromatic rings. The van der Waals surface area contributed by atoms with Crippen LogP contribution in [0.3, 0.4) is 0 Å². The van der Waals surface area contributed by atoms with Gasteiger partial charge in [-0.15, -0.1) is 0 Å². The Morgan fingerprint density at radius 1 is 1.38 bits per heavy atom. The zero-order valence-electron chi connectivity index (χ0n) is 13.6. The highest BCUT2D eigenvalue weighted by Crippen LogP contribution is 2.36. The summed E-state index contributed by atoms with van der Waals surface area (Å²) in [6.07, 6.45) is -1.02. The normalized spacial score (nSPS) is 17.0. The lowest BCUT2D eigenvalue weighted by Crippen LogP contribution is -2.41. The van der Waals surface area contributed by atoms with Crippen LogP contribution < -0.4 is 5.32 Å². The minimum atomic E-state index is -1.49. The number of ether oxygens (including phenoxy) is 1. The van der Waals surface area contributed by atoms with Crippen molar-refractivity contribution in [1.82, 2.24) is 5.32 Å². The molecule has 1 aliphatic heterocycles. The third kappa shape index (κ3) is 4.05. The smallest absolute Gasteiger partial charge is 0.342 e. The van der Waals surface area contributed by atoms with E-state index in [4.69, 9.17) is 26.6 Å². The van der Waals surface area contributed by atoms with Gasteiger partial charge in [-0.25, -0.2) is 9.59 Å². The van der Waals surface area contributed by atoms with E-state index in [2.05, 4.69) is 5.32 Å². The van der Waals surface area contributed by atoms with Gasteiger partial charge >= 0.3 is 17.9 Å². The van der Waals surface area contributed by atoms with Gasteiger partial charge in [0, 0.05) is 17.9 Å². The van der Waals surface area contributed by atoms with Crippen molar-refractivity contribution in [2.24, 2.45) is 0 Å². The first-order valence-electron chi connectivity index (χ1n) is 7.62. The van der Waals surface area contributed by atoms with Crippen LogP contribution in [0.5, 0.6) is 5.75 Å². The number of rotatable bonds is 6. The molecule has 1 aliphatic rings. The highest BCUT2D eigenvalue weighted by molar-refractivity contribution is 6.32. The molecule has 140 valence electrons. The Morgan fingerprint density at radius 2 is 2.04 bits per heavy atom. The van der Waals surface area contributed by atoms with Gasteiger partial charge in [0.15, 0.2) is 0 Å². The van der Waals surface area contributed by atoms with Crippen molar-refractivity contribution in [2.45, 2.75) is 38.3 Å². The Bertz CT molecular complexity index is 791. The number of hydrogen-bond donors (Lipinski definition) is 4. The van der Waals surface area contributed by atoms with E-state index in [1.807, 2.05) is 0 Å². The lowest BCUT2D eigenvalue weighted by Gasteiger charge is -2.24. The number of carbonyl (C=O) groups is 4. The molecule has 9 nitrogen and oxygen atoms in total. The number of aromatic hydroxyl groups is 1. The van der Waals surface area contributed by atoms with E-state index in [1.165, 1.54) is 0 Å². The fourth-order valence-electron chi connectivity index (χ4n) is 2.60. The summed E-state index contributed by atoms with van der Waals surface area (Å²) < 4.78 is 5.02. The van der Waals surface area contributed by atoms with Gasteiger partial charge in [0.05, 0.1) is 5.56 Å². The number of benzene rings is 1. The predicted octanol–water partition coefficient (Wildman–Crippen LogP) is 1.19. The quantitative estimate of drug-likeness (QED) is 0.533. The van der Waals surface area contributed by atoms with Crippen LogP contribution >= 0.6 is 11.6 Å². The molecule has 0 aromatic heterocycles. The van der Waals surface area contributed by atoms with Crippen LogP contribution in [-0.4, -0.2) is 51.3 Å². The Labute approximate surface area is 152 Å². The summed E-state index contributed by atoms with van der Waals surface area (Å²) >= 11 is 6.10. The molecule has 0 saturated heterocycles. The Hall–Kier alpha value is -2.81. The molecule has 0 spiro atoms. The molecule has 0 radical (unpaired) electrons. The van der Waals surface area contributed by atoms with Crippen molar-refractivity contribution < 1.29 is 39.2 Å². The van der Waals surface area contributed by atoms with Gasteiger partial charge in [-0.2, -0.15) is 0 Å². The maximum Gasteiger partial charge on any atom is 0.342 e. The van der Waals surface area contributed by atoms with Gasteiger partial charge in [0.2, 0.25) is 0 Å². The van der Waals surface area contributed by atoms with Crippen LogP contribution in [0, 0.1) is 0 Å². The molecule has 4 N–H and O–H groups in total. The second-order valence-electron chi connectivity index (χ2n) is 5.82. The van der Waals surface area contributed by atoms with Gasteiger partial charge in [-0.1, -0.05) is 11.6 Å². The second kappa shape index (κ2) is 7.61. The number of aliphatic carboxylic acids is 2. The lowest BCUT2D eigenvalue weighted by atomic mass is 9.95. The minimum Gasteiger partial charge on any atom is -0.506 e. The largest absolute Gasteiger partial charge is 0.506 e. The fraction of sp³-hybridized carbons (Fsp3) is 0.375. The van der Waals surface area contributed by atoms with Gasteiger partial charge in [0.25, 0.3) is 5.91 Å². The van der Waals surface area contributed by atoms with Crippen LogP contribution in [0.2, 0.25) is 5.02 Å². The number of carboxylic acid groups (broad SMARTS) is 2. The molecule has 10 heteroatoms. The minimum absolute atomic E-state index is 0.0591. The first-order chi connectivity index (χ1) is 12.1. The lowest BCUT2D eigenvalue weighted by molar-refractivity contribution is -0.140. The van der Waals surface area contributed by atoms with Crippen LogP contribution in [-0.2, 0) is 20.7 Å². The van der Waals surface area contributed by atoms with Crippen LogP contribution in [0.4, 0.5) is 0 Å². The maximum atomic E-state index is 12.3. The van der Waals surface area contributed by atoms with E-state index in [0.29, 0.717) is 5.56 Å². The van der Waals surface area contributed by atoms with Crippen molar-refractivity contribution in [3.63, 3.8) is 0 Å². The standard InChI is InChI=1S/C16H16ClNO8/c1-6-4-7-9(17)5-8(13(21)12(7)16(25)26-6)14(22)18-10(15(23)24)2-3-11(19)20/h5-6,10,21H,2-4H2,1H3,(H,18,22)(H,19,20)(H,23,24). The third-order valence-corrected chi connectivity index (χ3v) is 4.19. The average molecular weight is 386 g/mol. The molecule has 1 heterocycles. The molecule has 0 fully saturated rings. The number of carboxylic acids is 2. The molecule has 1 amide bonds. The Kier molecular flexibility index (Phi) is 5.71. The monoisotopic (exact) mass is 385 g/mol. The van der Waals surface area contributed by atoms with Crippen LogP contribution in [0.25, 0.3) is 0 Å². The third-order valence-electron chi connectivity index (χ3n) is 3.85. The summed E-state index contributed by atoms with van der Waals surface area (Å²) in [7, 11) is 0. The summed E-state index contributed by atoms with van der Waals surface area (Å²) in [6, 6.07) is -0.355. The summed E-state index contributed by atoms with van der Waals surface area (Å²) in [4.78, 5) is 46.1. The number of amides is 1. The molecule has 2 unspecified atom stereocenters. The van der Waals surface area contributed by atoms with Crippen molar-refractivity contribution in [1.29, 1.82) is 0 Å². The summed E-state index contributed by atoms with van der Waals surface area (Å²) in [5.74, 6) is -5.16. The molecule has 0 bridgehead atoms. The summed E-state index contributed by atoms with van der Waals surface area (Å²) in [5, 5.41) is 30.2. The first kappa shape index (κ1) is 19.5. The maximum absolute atomic E-state index is 12.3. The number of cyclic esters (lactones) is 1. The number of phenols is 1. The number of esters is 1. The number of nitrogens with one attached hydrogen (secondary N) is 1. The van der Waals surface area contributed by atoms with E-state index in [1.54, 1.807) is 6.92 Å². The second-order valence-corrected chi connectivity index (χ2v) is 6.23. The predicted molar refractivity (Wildman–Crippen MR) is 87.5 cm³/mol. The Balaban J connectivity index is 2.33. The number of phenolic OH excluding ortho intramolecular Hbond substituents is 1. The molecular formula is C16H16ClNO8. The summed E-state index contributed by atoms with van der Waals surface area (Å²) in [6.45, 7) is 1.65. The SMILES string of the molecule is CC1Cc2c(Cl)cc(C(=O)NC(CCC(=O)O)C(=O)O)c(O)c2C(=O)O1. The summed E-state index contributed by atoms with van der Waals surface area (Å²) in [5.41, 5.74) is -0.301. The molecule has 2 atom stereocenters. The van der Waals surface area contributed by atoms with Gasteiger partial charge in [-0.05, 0) is 25.0 Å². The van der Waals surface area contributed by atoms with Crippen molar-refractivity contribution in [3.8, 4) is 5.75 Å². The van der Waals surface area contributed by atoms with Gasteiger partial charge < -0.3 is 25.4 Å².